The summed E-state index contributed by atoms with van der Waals surface area (Å²) in [5, 5.41) is 4.66. The fourth-order valence-corrected chi connectivity index (χ4v) is 4.59. The van der Waals surface area contributed by atoms with E-state index < -0.39 is 15.3 Å². The molecule has 1 atom stereocenters. The Hall–Kier alpha value is -1.74. The minimum absolute atomic E-state index is 0.0969. The second-order valence-electron chi connectivity index (χ2n) is 6.27. The molecule has 126 valence electrons. The maximum atomic E-state index is 12.4. The van der Waals surface area contributed by atoms with Crippen molar-refractivity contribution in [3.8, 4) is 0 Å². The predicted octanol–water partition coefficient (Wildman–Crippen LogP) is 0.578. The van der Waals surface area contributed by atoms with E-state index in [1.54, 1.807) is 10.9 Å². The van der Waals surface area contributed by atoms with Gasteiger partial charge in [-0.1, -0.05) is 0 Å². The molecule has 3 rings (SSSR count). The van der Waals surface area contributed by atoms with Crippen LogP contribution in [0.2, 0.25) is 0 Å². The molecule has 0 bridgehead atoms. The summed E-state index contributed by atoms with van der Waals surface area (Å²) >= 11 is 0. The first-order chi connectivity index (χ1) is 10.8. The van der Waals surface area contributed by atoms with Crippen LogP contribution in [0.1, 0.15) is 26.1 Å². The second-order valence-corrected chi connectivity index (χ2v) is 8.27. The molecule has 0 aromatic carbocycles. The normalized spacial score (nSPS) is 19.2. The maximum Gasteiger partial charge on any atom is 0.216 e. The number of nitrogens with one attached hydrogen (secondary N) is 1. The summed E-state index contributed by atoms with van der Waals surface area (Å²) in [4.78, 5) is 10.9. The molecule has 1 N–H and O–H groups in total. The van der Waals surface area contributed by atoms with Crippen LogP contribution in [0.3, 0.4) is 0 Å². The lowest BCUT2D eigenvalue weighted by Crippen LogP contribution is -2.39. The molecule has 0 amide bonds. The van der Waals surface area contributed by atoms with E-state index in [4.69, 9.17) is 0 Å². The van der Waals surface area contributed by atoms with Crippen LogP contribution in [0, 0.1) is 6.92 Å². The average Bonchev–Trinajstić information content (AvgIpc) is 3.05. The van der Waals surface area contributed by atoms with Gasteiger partial charge in [-0.3, -0.25) is 4.68 Å². The molecule has 1 saturated heterocycles. The zero-order chi connectivity index (χ0) is 16.8. The molecule has 23 heavy (non-hydrogen) atoms. The van der Waals surface area contributed by atoms with Crippen molar-refractivity contribution in [3.63, 3.8) is 0 Å². The Balaban J connectivity index is 1.90. The second kappa shape index (κ2) is 5.72. The van der Waals surface area contributed by atoms with Gasteiger partial charge in [-0.2, -0.15) is 5.10 Å². The molecule has 2 aromatic rings. The summed E-state index contributed by atoms with van der Waals surface area (Å²) in [7, 11) is -1.48. The Morgan fingerprint density at radius 1 is 1.35 bits per heavy atom. The highest BCUT2D eigenvalue weighted by molar-refractivity contribution is 7.90. The molecule has 1 aliphatic heterocycles. The monoisotopic (exact) mass is 338 g/mol. The molecule has 0 aliphatic carbocycles. The van der Waals surface area contributed by atoms with E-state index in [0.29, 0.717) is 25.3 Å². The SMILES string of the molecule is Cc1nc(N2CCC(S(=O)(=O)NC(C)C)C2)c2cnn(C)c2n1. The number of hydrogen-bond donors (Lipinski definition) is 1. The number of sulfonamides is 1. The lowest BCUT2D eigenvalue weighted by atomic mass is 10.3. The molecule has 1 unspecified atom stereocenters. The Morgan fingerprint density at radius 3 is 2.78 bits per heavy atom. The van der Waals surface area contributed by atoms with E-state index in [9.17, 15) is 8.42 Å². The van der Waals surface area contributed by atoms with Crippen molar-refractivity contribution in [2.24, 2.45) is 7.05 Å². The highest BCUT2D eigenvalue weighted by Crippen LogP contribution is 2.28. The number of anilines is 1. The fraction of sp³-hybridized carbons (Fsp3) is 0.643. The molecule has 2 aromatic heterocycles. The zero-order valence-electron chi connectivity index (χ0n) is 13.8. The molecular weight excluding hydrogens is 316 g/mol. The number of nitrogens with zero attached hydrogens (tertiary/aromatic N) is 5. The van der Waals surface area contributed by atoms with Gasteiger partial charge in [-0.25, -0.2) is 23.1 Å². The van der Waals surface area contributed by atoms with Crippen LogP contribution in [-0.4, -0.2) is 52.5 Å². The summed E-state index contributed by atoms with van der Waals surface area (Å²) in [6, 6.07) is -0.0969. The predicted molar refractivity (Wildman–Crippen MR) is 88.9 cm³/mol. The smallest absolute Gasteiger partial charge is 0.216 e. The highest BCUT2D eigenvalue weighted by Gasteiger charge is 2.34. The van der Waals surface area contributed by atoms with Gasteiger partial charge in [0.05, 0.1) is 16.8 Å². The highest BCUT2D eigenvalue weighted by atomic mass is 32.2. The van der Waals surface area contributed by atoms with Gasteiger partial charge in [-0.05, 0) is 27.2 Å². The molecule has 0 spiro atoms. The Morgan fingerprint density at radius 2 is 2.09 bits per heavy atom. The van der Waals surface area contributed by atoms with E-state index in [1.807, 2.05) is 32.7 Å². The van der Waals surface area contributed by atoms with Crippen molar-refractivity contribution in [2.75, 3.05) is 18.0 Å². The molecule has 0 saturated carbocycles. The largest absolute Gasteiger partial charge is 0.354 e. The summed E-state index contributed by atoms with van der Waals surface area (Å²) < 4.78 is 29.1. The van der Waals surface area contributed by atoms with Crippen molar-refractivity contribution in [3.05, 3.63) is 12.0 Å². The van der Waals surface area contributed by atoms with Gasteiger partial charge in [0, 0.05) is 26.2 Å². The van der Waals surface area contributed by atoms with Crippen molar-refractivity contribution >= 4 is 26.9 Å². The van der Waals surface area contributed by atoms with E-state index in [-0.39, 0.29) is 6.04 Å². The fourth-order valence-electron chi connectivity index (χ4n) is 2.95. The van der Waals surface area contributed by atoms with Crippen LogP contribution in [0.4, 0.5) is 5.82 Å². The van der Waals surface area contributed by atoms with Gasteiger partial charge in [-0.15, -0.1) is 0 Å². The maximum absolute atomic E-state index is 12.4. The van der Waals surface area contributed by atoms with Crippen LogP contribution < -0.4 is 9.62 Å². The lowest BCUT2D eigenvalue weighted by Gasteiger charge is -2.19. The Labute approximate surface area is 136 Å². The summed E-state index contributed by atoms with van der Waals surface area (Å²) in [6.07, 6.45) is 2.32. The lowest BCUT2D eigenvalue weighted by molar-refractivity contribution is 0.557. The van der Waals surface area contributed by atoms with E-state index in [0.717, 1.165) is 16.9 Å². The third kappa shape index (κ3) is 3.02. The number of fused-ring (bicyclic) bond motifs is 1. The van der Waals surface area contributed by atoms with Gasteiger partial charge in [0.15, 0.2) is 5.65 Å². The van der Waals surface area contributed by atoms with Gasteiger partial charge < -0.3 is 4.90 Å². The summed E-state index contributed by atoms with van der Waals surface area (Å²) in [5.74, 6) is 1.42. The number of hydrogen-bond acceptors (Lipinski definition) is 6. The number of aryl methyl sites for hydroxylation is 2. The molecule has 1 aliphatic rings. The standard InChI is InChI=1S/C14H22N6O2S/c1-9(2)18-23(21,22)11-5-6-20(8-11)14-12-7-15-19(4)13(12)16-10(3)17-14/h7,9,11,18H,5-6,8H2,1-4H3. The van der Waals surface area contributed by atoms with Crippen molar-refractivity contribution in [2.45, 2.75) is 38.5 Å². The van der Waals surface area contributed by atoms with Crippen molar-refractivity contribution in [1.82, 2.24) is 24.5 Å². The minimum Gasteiger partial charge on any atom is -0.354 e. The molecule has 0 radical (unpaired) electrons. The molecule has 1 fully saturated rings. The van der Waals surface area contributed by atoms with Crippen LogP contribution >= 0.6 is 0 Å². The minimum atomic E-state index is -3.31. The van der Waals surface area contributed by atoms with Crippen LogP contribution in [0.5, 0.6) is 0 Å². The van der Waals surface area contributed by atoms with Gasteiger partial charge >= 0.3 is 0 Å². The van der Waals surface area contributed by atoms with Crippen molar-refractivity contribution < 1.29 is 8.42 Å². The quantitative estimate of drug-likeness (QED) is 0.876. The first-order valence-corrected chi connectivity index (χ1v) is 9.25. The molecule has 3 heterocycles. The van der Waals surface area contributed by atoms with Crippen LogP contribution in [0.15, 0.2) is 6.20 Å². The molecule has 8 nitrogen and oxygen atoms in total. The molecule has 9 heteroatoms. The van der Waals surface area contributed by atoms with E-state index in [1.165, 1.54) is 0 Å². The van der Waals surface area contributed by atoms with Crippen LogP contribution in [0.25, 0.3) is 11.0 Å². The van der Waals surface area contributed by atoms with Gasteiger partial charge in [0.25, 0.3) is 0 Å². The molecular formula is C14H22N6O2S. The van der Waals surface area contributed by atoms with E-state index >= 15 is 0 Å². The summed E-state index contributed by atoms with van der Waals surface area (Å²) in [5.41, 5.74) is 0.763. The first kappa shape index (κ1) is 16.1. The summed E-state index contributed by atoms with van der Waals surface area (Å²) in [6.45, 7) is 6.58. The van der Waals surface area contributed by atoms with Gasteiger partial charge in [0.2, 0.25) is 10.0 Å². The number of rotatable bonds is 4. The van der Waals surface area contributed by atoms with Crippen LogP contribution in [-0.2, 0) is 17.1 Å². The Kier molecular flexibility index (Phi) is 4.01. The first-order valence-electron chi connectivity index (χ1n) is 7.70. The van der Waals surface area contributed by atoms with Crippen molar-refractivity contribution in [1.29, 1.82) is 0 Å². The third-order valence-electron chi connectivity index (χ3n) is 3.97. The zero-order valence-corrected chi connectivity index (χ0v) is 14.6. The topological polar surface area (TPSA) is 93.0 Å². The Bertz CT molecular complexity index is 829. The third-order valence-corrected chi connectivity index (χ3v) is 6.03. The van der Waals surface area contributed by atoms with Gasteiger partial charge in [0.1, 0.15) is 11.6 Å². The number of aromatic nitrogens is 4. The average molecular weight is 338 g/mol. The van der Waals surface area contributed by atoms with E-state index in [2.05, 4.69) is 19.8 Å².